The Bertz CT molecular complexity index is 360. The molecule has 4 heteroatoms. The molecule has 0 radical (unpaired) electrons. The minimum absolute atomic E-state index is 0.177. The Kier molecular flexibility index (Phi) is 5.49. The van der Waals surface area contributed by atoms with Crippen molar-refractivity contribution in [2.24, 2.45) is 5.92 Å². The summed E-state index contributed by atoms with van der Waals surface area (Å²) in [5, 5.41) is 8.93. The number of ether oxygens (including phenoxy) is 2. The van der Waals surface area contributed by atoms with Crippen LogP contribution in [0.3, 0.4) is 0 Å². The normalized spacial score (nSPS) is 10.5. The maximum Gasteiger partial charge on any atom is 0.339 e. The maximum absolute atomic E-state index is 10.9. The van der Waals surface area contributed by atoms with Crippen LogP contribution in [-0.4, -0.2) is 30.9 Å². The van der Waals surface area contributed by atoms with Crippen molar-refractivity contribution >= 4 is 5.97 Å². The molecule has 94 valence electrons. The van der Waals surface area contributed by atoms with Crippen LogP contribution in [0, 0.1) is 5.92 Å². The number of hydrogen-bond acceptors (Lipinski definition) is 3. The summed E-state index contributed by atoms with van der Waals surface area (Å²) in [6.07, 6.45) is 0. The first-order chi connectivity index (χ1) is 8.11. The van der Waals surface area contributed by atoms with E-state index >= 15 is 0 Å². The Hall–Kier alpha value is -1.55. The van der Waals surface area contributed by atoms with Crippen molar-refractivity contribution in [1.82, 2.24) is 0 Å². The van der Waals surface area contributed by atoms with Gasteiger partial charge in [-0.1, -0.05) is 26.0 Å². The van der Waals surface area contributed by atoms with Gasteiger partial charge in [-0.3, -0.25) is 0 Å². The quantitative estimate of drug-likeness (QED) is 0.741. The summed E-state index contributed by atoms with van der Waals surface area (Å²) in [5.74, 6) is -0.113. The van der Waals surface area contributed by atoms with Gasteiger partial charge >= 0.3 is 5.97 Å². The molecular weight excluding hydrogens is 220 g/mol. The Labute approximate surface area is 101 Å². The van der Waals surface area contributed by atoms with Gasteiger partial charge in [0, 0.05) is 6.61 Å². The predicted molar refractivity (Wildman–Crippen MR) is 64.6 cm³/mol. The number of carboxylic acid groups (broad SMARTS) is 1. The average Bonchev–Trinajstić information content (AvgIpc) is 2.28. The van der Waals surface area contributed by atoms with E-state index in [0.29, 0.717) is 31.5 Å². The molecule has 0 atom stereocenters. The summed E-state index contributed by atoms with van der Waals surface area (Å²) in [4.78, 5) is 10.9. The molecule has 0 fully saturated rings. The minimum Gasteiger partial charge on any atom is -0.490 e. The molecule has 1 rings (SSSR count). The lowest BCUT2D eigenvalue weighted by atomic mass is 10.2. The summed E-state index contributed by atoms with van der Waals surface area (Å²) >= 11 is 0. The molecule has 0 aliphatic rings. The van der Waals surface area contributed by atoms with Crippen LogP contribution >= 0.6 is 0 Å². The number of carbonyl (C=O) groups is 1. The lowest BCUT2D eigenvalue weighted by Gasteiger charge is -2.10. The van der Waals surface area contributed by atoms with Gasteiger partial charge in [0.1, 0.15) is 17.9 Å². The lowest BCUT2D eigenvalue weighted by molar-refractivity contribution is 0.0677. The molecule has 0 amide bonds. The van der Waals surface area contributed by atoms with E-state index in [9.17, 15) is 4.79 Å². The van der Waals surface area contributed by atoms with E-state index in [1.807, 2.05) is 0 Å². The first-order valence-corrected chi connectivity index (χ1v) is 5.64. The molecule has 0 aliphatic carbocycles. The summed E-state index contributed by atoms with van der Waals surface area (Å²) in [5.41, 5.74) is 0.177. The van der Waals surface area contributed by atoms with Gasteiger partial charge in [0.05, 0.1) is 6.61 Å². The second kappa shape index (κ2) is 6.91. The second-order valence-electron chi connectivity index (χ2n) is 4.12. The predicted octanol–water partition coefficient (Wildman–Crippen LogP) is 2.44. The van der Waals surface area contributed by atoms with Gasteiger partial charge in [-0.05, 0) is 18.1 Å². The third kappa shape index (κ3) is 4.87. The maximum atomic E-state index is 10.9. The molecule has 0 aromatic heterocycles. The van der Waals surface area contributed by atoms with E-state index in [2.05, 4.69) is 13.8 Å². The van der Waals surface area contributed by atoms with Crippen LogP contribution in [-0.2, 0) is 4.74 Å². The van der Waals surface area contributed by atoms with Gasteiger partial charge in [-0.15, -0.1) is 0 Å². The highest BCUT2D eigenvalue weighted by Crippen LogP contribution is 2.17. The van der Waals surface area contributed by atoms with Crippen LogP contribution in [0.5, 0.6) is 5.75 Å². The summed E-state index contributed by atoms with van der Waals surface area (Å²) in [6, 6.07) is 6.58. The van der Waals surface area contributed by atoms with Gasteiger partial charge in [-0.2, -0.15) is 0 Å². The van der Waals surface area contributed by atoms with Gasteiger partial charge < -0.3 is 14.6 Å². The smallest absolute Gasteiger partial charge is 0.339 e. The van der Waals surface area contributed by atoms with Gasteiger partial charge in [-0.25, -0.2) is 4.79 Å². The molecule has 17 heavy (non-hydrogen) atoms. The zero-order valence-electron chi connectivity index (χ0n) is 10.2. The summed E-state index contributed by atoms with van der Waals surface area (Å²) < 4.78 is 10.7. The van der Waals surface area contributed by atoms with E-state index in [1.165, 1.54) is 6.07 Å². The first-order valence-electron chi connectivity index (χ1n) is 5.64. The van der Waals surface area contributed by atoms with Crippen molar-refractivity contribution in [2.45, 2.75) is 13.8 Å². The molecule has 0 bridgehead atoms. The van der Waals surface area contributed by atoms with E-state index in [0.717, 1.165) is 0 Å². The van der Waals surface area contributed by atoms with Crippen molar-refractivity contribution in [1.29, 1.82) is 0 Å². The van der Waals surface area contributed by atoms with Crippen molar-refractivity contribution in [3.63, 3.8) is 0 Å². The Balaban J connectivity index is 2.39. The number of hydrogen-bond donors (Lipinski definition) is 1. The van der Waals surface area contributed by atoms with Crippen LogP contribution in [0.4, 0.5) is 0 Å². The standard InChI is InChI=1S/C13H18O4/c1-10(2)9-16-7-8-17-12-6-4-3-5-11(12)13(14)15/h3-6,10H,7-9H2,1-2H3,(H,14,15). The van der Waals surface area contributed by atoms with Crippen LogP contribution in [0.2, 0.25) is 0 Å². The summed E-state index contributed by atoms with van der Waals surface area (Å²) in [7, 11) is 0. The van der Waals surface area contributed by atoms with Crippen LogP contribution < -0.4 is 4.74 Å². The van der Waals surface area contributed by atoms with Crippen molar-refractivity contribution < 1.29 is 19.4 Å². The third-order valence-electron chi connectivity index (χ3n) is 2.05. The number of para-hydroxylation sites is 1. The first kappa shape index (κ1) is 13.5. The van der Waals surface area contributed by atoms with Gasteiger partial charge in [0.25, 0.3) is 0 Å². The molecule has 1 N–H and O–H groups in total. The van der Waals surface area contributed by atoms with Gasteiger partial charge in [0.2, 0.25) is 0 Å². The zero-order valence-corrected chi connectivity index (χ0v) is 10.2. The number of carboxylic acids is 1. The largest absolute Gasteiger partial charge is 0.490 e. The molecule has 0 saturated heterocycles. The molecular formula is C13H18O4. The SMILES string of the molecule is CC(C)COCCOc1ccccc1C(=O)O. The topological polar surface area (TPSA) is 55.8 Å². The third-order valence-corrected chi connectivity index (χ3v) is 2.05. The lowest BCUT2D eigenvalue weighted by Crippen LogP contribution is -2.11. The number of benzene rings is 1. The molecule has 0 unspecified atom stereocenters. The van der Waals surface area contributed by atoms with E-state index < -0.39 is 5.97 Å². The van der Waals surface area contributed by atoms with Crippen LogP contribution in [0.1, 0.15) is 24.2 Å². The van der Waals surface area contributed by atoms with E-state index in [4.69, 9.17) is 14.6 Å². The van der Waals surface area contributed by atoms with Crippen molar-refractivity contribution in [2.75, 3.05) is 19.8 Å². The van der Waals surface area contributed by atoms with Crippen LogP contribution in [0.25, 0.3) is 0 Å². The molecule has 1 aromatic carbocycles. The fraction of sp³-hybridized carbons (Fsp3) is 0.462. The highest BCUT2D eigenvalue weighted by atomic mass is 16.5. The average molecular weight is 238 g/mol. The van der Waals surface area contributed by atoms with Gasteiger partial charge in [0.15, 0.2) is 0 Å². The Morgan fingerprint density at radius 3 is 2.65 bits per heavy atom. The highest BCUT2D eigenvalue weighted by Gasteiger charge is 2.09. The molecule has 0 heterocycles. The molecule has 4 nitrogen and oxygen atoms in total. The highest BCUT2D eigenvalue weighted by molar-refractivity contribution is 5.90. The molecule has 1 aromatic rings. The molecule has 0 spiro atoms. The Morgan fingerprint density at radius 1 is 1.29 bits per heavy atom. The Morgan fingerprint density at radius 2 is 2.00 bits per heavy atom. The van der Waals surface area contributed by atoms with E-state index in [1.54, 1.807) is 18.2 Å². The molecule has 0 saturated carbocycles. The zero-order chi connectivity index (χ0) is 12.7. The molecule has 0 aliphatic heterocycles. The fourth-order valence-electron chi connectivity index (χ4n) is 1.30. The van der Waals surface area contributed by atoms with E-state index in [-0.39, 0.29) is 5.56 Å². The monoisotopic (exact) mass is 238 g/mol. The fourth-order valence-corrected chi connectivity index (χ4v) is 1.30. The van der Waals surface area contributed by atoms with Crippen LogP contribution in [0.15, 0.2) is 24.3 Å². The van der Waals surface area contributed by atoms with Crippen molar-refractivity contribution in [3.05, 3.63) is 29.8 Å². The van der Waals surface area contributed by atoms with Crippen molar-refractivity contribution in [3.8, 4) is 5.75 Å². The number of rotatable bonds is 7. The summed E-state index contributed by atoms with van der Waals surface area (Å²) in [6.45, 7) is 5.65. The minimum atomic E-state index is -0.983. The number of aromatic carboxylic acids is 1. The second-order valence-corrected chi connectivity index (χ2v) is 4.12.